The Kier molecular flexibility index (Phi) is 9.84. The molecule has 6 heteroatoms. The number of nitrogens with zero attached hydrogens (tertiary/aromatic N) is 4. The van der Waals surface area contributed by atoms with E-state index in [1.165, 1.54) is 39.1 Å². The third-order valence-electron chi connectivity index (χ3n) is 8.51. The summed E-state index contributed by atoms with van der Waals surface area (Å²) >= 11 is 0. The van der Waals surface area contributed by atoms with Crippen LogP contribution in [-0.4, -0.2) is 96.4 Å². The smallest absolute Gasteiger partial charge is 0.223 e. The van der Waals surface area contributed by atoms with Gasteiger partial charge in [0.2, 0.25) is 11.8 Å². The molecule has 0 bridgehead atoms. The van der Waals surface area contributed by atoms with Gasteiger partial charge < -0.3 is 14.7 Å². The number of piperazine rings is 1. The van der Waals surface area contributed by atoms with Gasteiger partial charge in [0.1, 0.15) is 0 Å². The maximum Gasteiger partial charge on any atom is 0.223 e. The fraction of sp³-hybridized carbons (Fsp3) is 0.923. The van der Waals surface area contributed by atoms with E-state index < -0.39 is 0 Å². The first-order valence-corrected chi connectivity index (χ1v) is 13.4. The summed E-state index contributed by atoms with van der Waals surface area (Å²) in [5.41, 5.74) is 0. The molecule has 3 aliphatic rings. The van der Waals surface area contributed by atoms with Crippen molar-refractivity contribution >= 4 is 11.8 Å². The van der Waals surface area contributed by atoms with Crippen molar-refractivity contribution in [3.8, 4) is 0 Å². The third-order valence-corrected chi connectivity index (χ3v) is 8.51. The average Bonchev–Trinajstić information content (AvgIpc) is 2.82. The predicted molar refractivity (Wildman–Crippen MR) is 130 cm³/mol. The molecule has 0 radical (unpaired) electrons. The first-order valence-electron chi connectivity index (χ1n) is 13.4. The number of hydrogen-bond acceptors (Lipinski definition) is 4. The molecule has 0 aromatic rings. The minimum Gasteiger partial charge on any atom is -0.343 e. The largest absolute Gasteiger partial charge is 0.343 e. The molecular formula is C26H48N4O2. The molecule has 0 aromatic carbocycles. The van der Waals surface area contributed by atoms with E-state index in [0.717, 1.165) is 63.7 Å². The molecule has 0 aromatic heterocycles. The molecule has 0 aliphatic carbocycles. The lowest BCUT2D eigenvalue weighted by atomic mass is 9.84. The lowest BCUT2D eigenvalue weighted by Crippen LogP contribution is -2.50. The SMILES string of the molecule is CCC(C)C1CCN(C(=O)CCC(=O)N2CCC(CN3CCN(C(C)C)CC3)CC2)CC1. The predicted octanol–water partition coefficient (Wildman–Crippen LogP) is 3.32. The van der Waals surface area contributed by atoms with Crippen LogP contribution in [0.3, 0.4) is 0 Å². The highest BCUT2D eigenvalue weighted by Crippen LogP contribution is 2.27. The number of likely N-dealkylation sites (tertiary alicyclic amines) is 2. The topological polar surface area (TPSA) is 47.1 Å². The van der Waals surface area contributed by atoms with Crippen molar-refractivity contribution in [1.29, 1.82) is 0 Å². The van der Waals surface area contributed by atoms with E-state index in [1.807, 2.05) is 9.80 Å². The number of rotatable bonds is 8. The molecule has 0 saturated carbocycles. The van der Waals surface area contributed by atoms with Crippen LogP contribution in [0.5, 0.6) is 0 Å². The number of carbonyl (C=O) groups excluding carboxylic acids is 2. The van der Waals surface area contributed by atoms with Crippen LogP contribution in [0.15, 0.2) is 0 Å². The molecule has 1 unspecified atom stereocenters. The minimum absolute atomic E-state index is 0.177. The fourth-order valence-corrected chi connectivity index (χ4v) is 5.77. The number of carbonyl (C=O) groups is 2. The molecule has 3 heterocycles. The zero-order chi connectivity index (χ0) is 23.1. The van der Waals surface area contributed by atoms with E-state index in [0.29, 0.717) is 24.8 Å². The molecule has 3 fully saturated rings. The summed E-state index contributed by atoms with van der Waals surface area (Å²) in [7, 11) is 0. The summed E-state index contributed by atoms with van der Waals surface area (Å²) in [6.45, 7) is 18.5. The van der Waals surface area contributed by atoms with Crippen LogP contribution in [-0.2, 0) is 9.59 Å². The highest BCUT2D eigenvalue weighted by atomic mass is 16.2. The lowest BCUT2D eigenvalue weighted by Gasteiger charge is -2.40. The second kappa shape index (κ2) is 12.4. The van der Waals surface area contributed by atoms with Crippen LogP contribution in [0.4, 0.5) is 0 Å². The number of hydrogen-bond donors (Lipinski definition) is 0. The molecule has 0 spiro atoms. The van der Waals surface area contributed by atoms with E-state index in [9.17, 15) is 9.59 Å². The standard InChI is InChI=1S/C26H48N4O2/c1-5-22(4)24-10-14-30(15-11-24)26(32)7-6-25(31)29-12-8-23(9-13-29)20-27-16-18-28(19-17-27)21(2)3/h21-24H,5-20H2,1-4H3. The fourth-order valence-electron chi connectivity index (χ4n) is 5.77. The molecule has 184 valence electrons. The van der Waals surface area contributed by atoms with Gasteiger partial charge in [0.25, 0.3) is 0 Å². The summed E-state index contributed by atoms with van der Waals surface area (Å²) in [5.74, 6) is 2.57. The van der Waals surface area contributed by atoms with E-state index >= 15 is 0 Å². The van der Waals surface area contributed by atoms with Crippen LogP contribution < -0.4 is 0 Å². The van der Waals surface area contributed by atoms with Crippen LogP contribution in [0.1, 0.15) is 72.6 Å². The second-order valence-corrected chi connectivity index (χ2v) is 10.9. The van der Waals surface area contributed by atoms with Gasteiger partial charge in [-0.3, -0.25) is 14.5 Å². The van der Waals surface area contributed by atoms with Gasteiger partial charge in [-0.2, -0.15) is 0 Å². The zero-order valence-electron chi connectivity index (χ0n) is 21.2. The molecule has 0 N–H and O–H groups in total. The average molecular weight is 449 g/mol. The molecule has 3 aliphatic heterocycles. The van der Waals surface area contributed by atoms with E-state index in [4.69, 9.17) is 0 Å². The van der Waals surface area contributed by atoms with E-state index in [-0.39, 0.29) is 11.8 Å². The molecular weight excluding hydrogens is 400 g/mol. The van der Waals surface area contributed by atoms with Crippen molar-refractivity contribution in [2.45, 2.75) is 78.7 Å². The van der Waals surface area contributed by atoms with Crippen molar-refractivity contribution in [3.05, 3.63) is 0 Å². The van der Waals surface area contributed by atoms with Gasteiger partial charge in [0, 0.05) is 77.8 Å². The Hall–Kier alpha value is -1.14. The van der Waals surface area contributed by atoms with Gasteiger partial charge in [-0.25, -0.2) is 0 Å². The molecule has 3 saturated heterocycles. The van der Waals surface area contributed by atoms with Crippen LogP contribution in [0.25, 0.3) is 0 Å². The Morgan fingerprint density at radius 1 is 0.750 bits per heavy atom. The summed E-state index contributed by atoms with van der Waals surface area (Å²) in [5, 5.41) is 0. The van der Waals surface area contributed by atoms with Gasteiger partial charge in [0.05, 0.1) is 0 Å². The first-order chi connectivity index (χ1) is 15.4. The highest BCUT2D eigenvalue weighted by Gasteiger charge is 2.28. The van der Waals surface area contributed by atoms with Gasteiger partial charge in [0.15, 0.2) is 0 Å². The normalized spacial score (nSPS) is 23.7. The van der Waals surface area contributed by atoms with Crippen molar-refractivity contribution in [2.24, 2.45) is 17.8 Å². The number of piperidine rings is 2. The van der Waals surface area contributed by atoms with E-state index in [1.54, 1.807) is 0 Å². The van der Waals surface area contributed by atoms with Crippen molar-refractivity contribution in [2.75, 3.05) is 58.9 Å². The molecule has 2 amide bonds. The lowest BCUT2D eigenvalue weighted by molar-refractivity contribution is -0.138. The van der Waals surface area contributed by atoms with Crippen LogP contribution in [0.2, 0.25) is 0 Å². The Balaban J connectivity index is 1.30. The minimum atomic E-state index is 0.177. The van der Waals surface area contributed by atoms with E-state index in [2.05, 4.69) is 37.5 Å². The van der Waals surface area contributed by atoms with Crippen molar-refractivity contribution < 1.29 is 9.59 Å². The zero-order valence-corrected chi connectivity index (χ0v) is 21.2. The summed E-state index contributed by atoms with van der Waals surface area (Å²) in [6, 6.07) is 0.648. The molecule has 1 atom stereocenters. The Morgan fingerprint density at radius 3 is 1.72 bits per heavy atom. The second-order valence-electron chi connectivity index (χ2n) is 10.9. The third kappa shape index (κ3) is 7.18. The Morgan fingerprint density at radius 2 is 1.25 bits per heavy atom. The van der Waals surface area contributed by atoms with Crippen molar-refractivity contribution in [1.82, 2.24) is 19.6 Å². The first kappa shape index (κ1) is 25.5. The molecule has 32 heavy (non-hydrogen) atoms. The Bertz CT molecular complexity index is 587. The quantitative estimate of drug-likeness (QED) is 0.572. The van der Waals surface area contributed by atoms with Gasteiger partial charge in [-0.05, 0) is 57.3 Å². The van der Waals surface area contributed by atoms with Gasteiger partial charge in [-0.15, -0.1) is 0 Å². The molecule has 3 rings (SSSR count). The summed E-state index contributed by atoms with van der Waals surface area (Å²) in [4.78, 5) is 34.5. The maximum absolute atomic E-state index is 12.7. The monoisotopic (exact) mass is 448 g/mol. The highest BCUT2D eigenvalue weighted by molar-refractivity contribution is 5.84. The van der Waals surface area contributed by atoms with Gasteiger partial charge in [-0.1, -0.05) is 20.3 Å². The summed E-state index contributed by atoms with van der Waals surface area (Å²) < 4.78 is 0. The summed E-state index contributed by atoms with van der Waals surface area (Å²) in [6.07, 6.45) is 6.43. The van der Waals surface area contributed by atoms with Crippen LogP contribution >= 0.6 is 0 Å². The van der Waals surface area contributed by atoms with Gasteiger partial charge >= 0.3 is 0 Å². The molecule has 6 nitrogen and oxygen atoms in total. The Labute approximate surface area is 196 Å². The number of amides is 2. The van der Waals surface area contributed by atoms with Crippen molar-refractivity contribution in [3.63, 3.8) is 0 Å². The maximum atomic E-state index is 12.7. The van der Waals surface area contributed by atoms with Crippen LogP contribution in [0, 0.1) is 17.8 Å².